The molecule has 0 aliphatic carbocycles. The molecule has 586 valence electrons. The van der Waals surface area contributed by atoms with Gasteiger partial charge < -0.3 is 0 Å². The minimum atomic E-state index is 0.660. The number of hydrogen-bond donors (Lipinski definition) is 0. The van der Waals surface area contributed by atoms with Crippen molar-refractivity contribution in [3.05, 3.63) is 425 Å². The van der Waals surface area contributed by atoms with E-state index in [0.717, 1.165) is 233 Å². The van der Waals surface area contributed by atoms with E-state index in [2.05, 4.69) is 266 Å². The largest absolute Gasteiger partial charge is 0.254 e. The first-order valence-corrected chi connectivity index (χ1v) is 42.0. The summed E-state index contributed by atoms with van der Waals surface area (Å²) < 4.78 is 0. The first kappa shape index (κ1) is 73.9. The standard InChI is InChI=1S/C62H38N6.C52H32N6/c1-4-12-39(13-5-1)52-33-28-43-22-23-44-29-34-54(66-61(44)60(43)65-52)51-31-30-48(49-18-10-11-19-50(49)51)46-24-20-41-26-32-53(63-56(41)36-46)47-25-21-42-27-35-55(64-57(42)37-47)59-38-58(40-14-6-2-7-15-40)67-62(68-59)45-16-8-3-9-17-45;1-3-9-35(10-4-1)48-32-49(58-52(57-48)38-11-5-2-6-12-38)45-26-24-37-20-22-40(31-47(37)56-45)44-25-23-36-19-21-39(30-46(36)55-44)33-15-17-34(18-16-33)43-29-41-13-7-27-53-50(41)51-42(43)14-8-28-54-51/h1-38H;1-32H. The Balaban J connectivity index is 0.000000147. The Hall–Kier alpha value is -17.2. The lowest BCUT2D eigenvalue weighted by molar-refractivity contribution is 1.17. The van der Waals surface area contributed by atoms with Gasteiger partial charge in [-0.1, -0.05) is 322 Å². The van der Waals surface area contributed by atoms with Crippen molar-refractivity contribution < 1.29 is 0 Å². The van der Waals surface area contributed by atoms with Crippen LogP contribution in [0.1, 0.15) is 0 Å². The smallest absolute Gasteiger partial charge is 0.160 e. The summed E-state index contributed by atoms with van der Waals surface area (Å²) in [6.07, 6.45) is 3.66. The molecular formula is C114H70N12. The topological polar surface area (TPSA) is 155 Å². The highest BCUT2D eigenvalue weighted by molar-refractivity contribution is 6.11. The fraction of sp³-hybridized carbons (Fsp3) is 0. The van der Waals surface area contributed by atoms with Crippen LogP contribution in [0.25, 0.3) is 244 Å². The molecule has 0 saturated carbocycles. The molecule has 0 atom stereocenters. The molecule has 0 amide bonds. The molecule has 24 rings (SSSR count). The van der Waals surface area contributed by atoms with Crippen LogP contribution in [0.5, 0.6) is 0 Å². The van der Waals surface area contributed by atoms with Crippen LogP contribution in [-0.2, 0) is 0 Å². The number of rotatable bonds is 13. The second-order valence-corrected chi connectivity index (χ2v) is 31.5. The molecule has 24 aromatic rings. The van der Waals surface area contributed by atoms with Crippen LogP contribution in [0.4, 0.5) is 0 Å². The van der Waals surface area contributed by atoms with E-state index in [0.29, 0.717) is 11.6 Å². The van der Waals surface area contributed by atoms with Gasteiger partial charge in [-0.3, -0.25) is 9.97 Å². The Morgan fingerprint density at radius 1 is 0.135 bits per heavy atom. The Bertz CT molecular complexity index is 8280. The van der Waals surface area contributed by atoms with E-state index in [1.54, 1.807) is 0 Å². The van der Waals surface area contributed by atoms with Gasteiger partial charge in [0.2, 0.25) is 0 Å². The van der Waals surface area contributed by atoms with Crippen molar-refractivity contribution >= 4 is 98.0 Å². The summed E-state index contributed by atoms with van der Waals surface area (Å²) in [4.78, 5) is 60.6. The van der Waals surface area contributed by atoms with Crippen LogP contribution in [0.15, 0.2) is 425 Å². The lowest BCUT2D eigenvalue weighted by atomic mass is 9.93. The molecule has 12 heteroatoms. The number of hydrogen-bond acceptors (Lipinski definition) is 12. The zero-order valence-corrected chi connectivity index (χ0v) is 67.8. The van der Waals surface area contributed by atoms with Crippen molar-refractivity contribution in [3.8, 4) is 146 Å². The van der Waals surface area contributed by atoms with Crippen LogP contribution in [0.3, 0.4) is 0 Å². The third-order valence-electron chi connectivity index (χ3n) is 23.6. The van der Waals surface area contributed by atoms with Crippen molar-refractivity contribution in [1.82, 2.24) is 59.8 Å². The van der Waals surface area contributed by atoms with Crippen LogP contribution in [-0.4, -0.2) is 59.8 Å². The summed E-state index contributed by atoms with van der Waals surface area (Å²) in [6, 6.07) is 143. The first-order valence-electron chi connectivity index (χ1n) is 42.0. The van der Waals surface area contributed by atoms with Crippen molar-refractivity contribution in [1.29, 1.82) is 0 Å². The molecule has 0 spiro atoms. The maximum absolute atomic E-state index is 5.33. The molecular weight excluding hydrogens is 1540 g/mol. The Morgan fingerprint density at radius 3 is 1.00 bits per heavy atom. The Morgan fingerprint density at radius 2 is 0.476 bits per heavy atom. The highest BCUT2D eigenvalue weighted by Crippen LogP contribution is 2.42. The van der Waals surface area contributed by atoms with Crippen molar-refractivity contribution in [2.24, 2.45) is 0 Å². The molecule has 14 aromatic carbocycles. The molecule has 0 aliphatic rings. The maximum atomic E-state index is 5.33. The van der Waals surface area contributed by atoms with E-state index < -0.39 is 0 Å². The molecule has 12 nitrogen and oxygen atoms in total. The number of pyridine rings is 8. The van der Waals surface area contributed by atoms with Crippen molar-refractivity contribution in [2.75, 3.05) is 0 Å². The third kappa shape index (κ3) is 14.2. The predicted octanol–water partition coefficient (Wildman–Crippen LogP) is 28.2. The van der Waals surface area contributed by atoms with Gasteiger partial charge in [0.25, 0.3) is 0 Å². The SMILES string of the molecule is c1ccc(-c2cc(-c3ccc4ccc(-c5ccc6ccc(-c7ccc(-c8cc9cccnc9c9ncccc89)cc7)cc6n5)cc4n3)nc(-c3ccccc3)n2)cc1.c1ccc(-c2cc(-c3ccc4ccc(-c5ccc6ccc(-c7ccc(-c8ccc9ccc%10ccc(-c%11ccccc%11)nc%10c9n8)c8ccccc78)cc6n5)cc4n3)nc(-c3ccccc3)n2)cc1. The minimum Gasteiger partial charge on any atom is -0.254 e. The summed E-state index contributed by atoms with van der Waals surface area (Å²) in [7, 11) is 0. The molecule has 0 unspecified atom stereocenters. The molecule has 0 N–H and O–H groups in total. The van der Waals surface area contributed by atoms with Crippen molar-refractivity contribution in [3.63, 3.8) is 0 Å². The quantitative estimate of drug-likeness (QED) is 0.101. The molecule has 0 radical (unpaired) electrons. The Labute approximate surface area is 724 Å². The van der Waals surface area contributed by atoms with Gasteiger partial charge in [-0.2, -0.15) is 0 Å². The van der Waals surface area contributed by atoms with Gasteiger partial charge in [0.15, 0.2) is 11.6 Å². The lowest BCUT2D eigenvalue weighted by Gasteiger charge is -2.13. The van der Waals surface area contributed by atoms with E-state index in [4.69, 9.17) is 54.8 Å². The number of aromatic nitrogens is 12. The summed E-state index contributed by atoms with van der Waals surface area (Å²) >= 11 is 0. The summed E-state index contributed by atoms with van der Waals surface area (Å²) in [5, 5.41) is 10.8. The summed E-state index contributed by atoms with van der Waals surface area (Å²) in [5.41, 5.74) is 30.5. The van der Waals surface area contributed by atoms with Crippen LogP contribution >= 0.6 is 0 Å². The predicted molar refractivity (Wildman–Crippen MR) is 515 cm³/mol. The molecule has 0 fully saturated rings. The van der Waals surface area contributed by atoms with Gasteiger partial charge in [-0.25, -0.2) is 49.8 Å². The van der Waals surface area contributed by atoms with Crippen LogP contribution in [0.2, 0.25) is 0 Å². The maximum Gasteiger partial charge on any atom is 0.160 e. The lowest BCUT2D eigenvalue weighted by Crippen LogP contribution is -1.97. The van der Waals surface area contributed by atoms with E-state index in [1.165, 1.54) is 0 Å². The monoisotopic (exact) mass is 1610 g/mol. The zero-order valence-electron chi connectivity index (χ0n) is 67.8. The van der Waals surface area contributed by atoms with Gasteiger partial charge in [0.1, 0.15) is 0 Å². The zero-order chi connectivity index (χ0) is 83.4. The van der Waals surface area contributed by atoms with Crippen LogP contribution in [0, 0.1) is 0 Å². The molecule has 0 saturated heterocycles. The molecule has 0 bridgehead atoms. The molecule has 10 heterocycles. The molecule has 126 heavy (non-hydrogen) atoms. The van der Waals surface area contributed by atoms with Gasteiger partial charge >= 0.3 is 0 Å². The summed E-state index contributed by atoms with van der Waals surface area (Å²) in [5.74, 6) is 1.32. The molecule has 0 aliphatic heterocycles. The van der Waals surface area contributed by atoms with Crippen LogP contribution < -0.4 is 0 Å². The van der Waals surface area contributed by atoms with Gasteiger partial charge in [0, 0.05) is 100.0 Å². The third-order valence-corrected chi connectivity index (χ3v) is 23.6. The van der Waals surface area contributed by atoms with E-state index in [1.807, 2.05) is 164 Å². The second kappa shape index (κ2) is 31.7. The van der Waals surface area contributed by atoms with E-state index in [9.17, 15) is 0 Å². The number of nitrogens with zero attached hydrogens (tertiary/aromatic N) is 12. The molecule has 10 aromatic heterocycles. The second-order valence-electron chi connectivity index (χ2n) is 31.5. The van der Waals surface area contributed by atoms with E-state index in [-0.39, 0.29) is 0 Å². The number of benzene rings is 14. The Kier molecular flexibility index (Phi) is 18.6. The highest BCUT2D eigenvalue weighted by Gasteiger charge is 2.20. The average molecular weight is 1610 g/mol. The summed E-state index contributed by atoms with van der Waals surface area (Å²) in [6.45, 7) is 0. The van der Waals surface area contributed by atoms with Crippen molar-refractivity contribution in [2.45, 2.75) is 0 Å². The average Bonchev–Trinajstić information content (AvgIpc) is 0.758. The number of fused-ring (bicyclic) bond motifs is 11. The highest BCUT2D eigenvalue weighted by atomic mass is 14.9. The first-order chi connectivity index (χ1) is 62.3. The fourth-order valence-electron chi connectivity index (χ4n) is 17.2. The van der Waals surface area contributed by atoms with E-state index >= 15 is 0 Å². The minimum absolute atomic E-state index is 0.660. The van der Waals surface area contributed by atoms with Gasteiger partial charge in [-0.05, 0) is 135 Å². The fourth-order valence-corrected chi connectivity index (χ4v) is 17.2. The van der Waals surface area contributed by atoms with Gasteiger partial charge in [0.05, 0.1) is 101 Å². The van der Waals surface area contributed by atoms with Gasteiger partial charge in [-0.15, -0.1) is 0 Å². The normalized spacial score (nSPS) is 11.5.